The minimum absolute atomic E-state index is 0.542. The summed E-state index contributed by atoms with van der Waals surface area (Å²) < 4.78 is 5.87. The van der Waals surface area contributed by atoms with Crippen molar-refractivity contribution in [1.29, 1.82) is 0 Å². The maximum Gasteiger partial charge on any atom is 0.204 e. The molecule has 0 aliphatic rings. The summed E-state index contributed by atoms with van der Waals surface area (Å²) in [6, 6.07) is 28.2. The molecule has 1 heterocycles. The molecule has 0 atom stereocenters. The van der Waals surface area contributed by atoms with Crippen molar-refractivity contribution in [3.05, 3.63) is 101 Å². The SMILES string of the molecule is Cc1sc(N/N=C/c2cccc(OCc3ccccc3)c2)nc1-c1ccccc1. The van der Waals surface area contributed by atoms with E-state index in [4.69, 9.17) is 4.74 Å². The first-order valence-electron chi connectivity index (χ1n) is 9.37. The van der Waals surface area contributed by atoms with Gasteiger partial charge in [-0.3, -0.25) is 5.43 Å². The van der Waals surface area contributed by atoms with E-state index in [2.05, 4.69) is 46.7 Å². The molecule has 1 aromatic heterocycles. The fourth-order valence-corrected chi connectivity index (χ4v) is 3.68. The van der Waals surface area contributed by atoms with E-state index < -0.39 is 0 Å². The number of anilines is 1. The van der Waals surface area contributed by atoms with Gasteiger partial charge in [0.25, 0.3) is 0 Å². The molecule has 0 radical (unpaired) electrons. The summed E-state index contributed by atoms with van der Waals surface area (Å²) >= 11 is 1.59. The lowest BCUT2D eigenvalue weighted by Crippen LogP contribution is -1.96. The van der Waals surface area contributed by atoms with Crippen LogP contribution in [-0.2, 0) is 6.61 Å². The second kappa shape index (κ2) is 9.17. The zero-order valence-corrected chi connectivity index (χ0v) is 16.9. The van der Waals surface area contributed by atoms with Crippen molar-refractivity contribution < 1.29 is 4.74 Å². The molecule has 0 aliphatic carbocycles. The van der Waals surface area contributed by atoms with Gasteiger partial charge in [0.2, 0.25) is 5.13 Å². The number of nitrogens with one attached hydrogen (secondary N) is 1. The van der Waals surface area contributed by atoms with Crippen LogP contribution in [0.25, 0.3) is 11.3 Å². The van der Waals surface area contributed by atoms with Crippen molar-refractivity contribution in [3.8, 4) is 17.0 Å². The van der Waals surface area contributed by atoms with E-state index in [-0.39, 0.29) is 0 Å². The molecule has 3 aromatic carbocycles. The molecule has 1 N–H and O–H groups in total. The number of thiazole rings is 1. The quantitative estimate of drug-likeness (QED) is 0.300. The van der Waals surface area contributed by atoms with E-state index in [1.165, 1.54) is 0 Å². The first kappa shape index (κ1) is 18.9. The van der Waals surface area contributed by atoms with Gasteiger partial charge >= 0.3 is 0 Å². The van der Waals surface area contributed by atoms with Gasteiger partial charge in [-0.1, -0.05) is 72.8 Å². The average Bonchev–Trinajstić information content (AvgIpc) is 3.14. The maximum atomic E-state index is 5.87. The molecule has 4 rings (SSSR count). The highest BCUT2D eigenvalue weighted by Gasteiger charge is 2.08. The number of benzene rings is 3. The number of hydrogen-bond acceptors (Lipinski definition) is 5. The highest BCUT2D eigenvalue weighted by molar-refractivity contribution is 7.15. The topological polar surface area (TPSA) is 46.5 Å². The van der Waals surface area contributed by atoms with Crippen molar-refractivity contribution in [3.63, 3.8) is 0 Å². The summed E-state index contributed by atoms with van der Waals surface area (Å²) in [5, 5.41) is 5.11. The van der Waals surface area contributed by atoms with Crippen LogP contribution in [-0.4, -0.2) is 11.2 Å². The van der Waals surface area contributed by atoms with Crippen LogP contribution in [0, 0.1) is 6.92 Å². The third-order valence-corrected chi connectivity index (χ3v) is 5.20. The minimum atomic E-state index is 0.542. The van der Waals surface area contributed by atoms with Gasteiger partial charge in [-0.05, 0) is 30.2 Å². The largest absolute Gasteiger partial charge is 0.489 e. The van der Waals surface area contributed by atoms with Crippen LogP contribution in [0.15, 0.2) is 90.0 Å². The number of hydrogen-bond donors (Lipinski definition) is 1. The second-order valence-corrected chi connectivity index (χ2v) is 7.71. The van der Waals surface area contributed by atoms with Gasteiger partial charge in [0.1, 0.15) is 12.4 Å². The van der Waals surface area contributed by atoms with Gasteiger partial charge in [0.15, 0.2) is 0 Å². The molecule has 0 aliphatic heterocycles. The zero-order valence-electron chi connectivity index (χ0n) is 16.1. The van der Waals surface area contributed by atoms with Crippen LogP contribution in [0.1, 0.15) is 16.0 Å². The molecule has 0 spiro atoms. The first-order valence-corrected chi connectivity index (χ1v) is 10.2. The second-order valence-electron chi connectivity index (χ2n) is 6.51. The van der Waals surface area contributed by atoms with Crippen LogP contribution in [0.4, 0.5) is 5.13 Å². The Morgan fingerprint density at radius 2 is 1.72 bits per heavy atom. The monoisotopic (exact) mass is 399 g/mol. The highest BCUT2D eigenvalue weighted by atomic mass is 32.1. The molecular formula is C24H21N3OS. The fourth-order valence-electron chi connectivity index (χ4n) is 2.90. The number of rotatable bonds is 7. The number of aryl methyl sites for hydroxylation is 1. The molecule has 29 heavy (non-hydrogen) atoms. The van der Waals surface area contributed by atoms with Gasteiger partial charge in [0.05, 0.1) is 11.9 Å². The van der Waals surface area contributed by atoms with Crippen LogP contribution in [0.3, 0.4) is 0 Å². The van der Waals surface area contributed by atoms with Crippen molar-refractivity contribution in [2.24, 2.45) is 5.10 Å². The number of ether oxygens (including phenoxy) is 1. The zero-order chi connectivity index (χ0) is 19.9. The molecule has 5 heteroatoms. The predicted octanol–water partition coefficient (Wildman–Crippen LogP) is 6.14. The van der Waals surface area contributed by atoms with Crippen LogP contribution >= 0.6 is 11.3 Å². The molecule has 0 fully saturated rings. The highest BCUT2D eigenvalue weighted by Crippen LogP contribution is 2.30. The fraction of sp³-hybridized carbons (Fsp3) is 0.0833. The molecule has 0 saturated heterocycles. The van der Waals surface area contributed by atoms with Gasteiger partial charge in [-0.15, -0.1) is 11.3 Å². The summed E-state index contributed by atoms with van der Waals surface area (Å²) in [7, 11) is 0. The molecule has 4 aromatic rings. The Morgan fingerprint density at radius 1 is 0.966 bits per heavy atom. The Kier molecular flexibility index (Phi) is 5.98. The van der Waals surface area contributed by atoms with E-state index >= 15 is 0 Å². The van der Waals surface area contributed by atoms with E-state index in [0.29, 0.717) is 6.61 Å². The van der Waals surface area contributed by atoms with E-state index in [1.54, 1.807) is 17.6 Å². The number of hydrazone groups is 1. The average molecular weight is 400 g/mol. The molecule has 4 nitrogen and oxygen atoms in total. The van der Waals surface area contributed by atoms with Crippen molar-refractivity contribution in [2.45, 2.75) is 13.5 Å². The van der Waals surface area contributed by atoms with Crippen molar-refractivity contribution in [2.75, 3.05) is 5.43 Å². The van der Waals surface area contributed by atoms with Crippen molar-refractivity contribution in [1.82, 2.24) is 4.98 Å². The Morgan fingerprint density at radius 3 is 2.52 bits per heavy atom. The minimum Gasteiger partial charge on any atom is -0.489 e. The normalized spacial score (nSPS) is 10.9. The lowest BCUT2D eigenvalue weighted by Gasteiger charge is -2.06. The van der Waals surface area contributed by atoms with Crippen molar-refractivity contribution >= 4 is 22.7 Å². The third-order valence-electron chi connectivity index (χ3n) is 4.32. The molecule has 0 unspecified atom stereocenters. The maximum absolute atomic E-state index is 5.87. The Labute approximate surface area is 174 Å². The summed E-state index contributed by atoms with van der Waals surface area (Å²) in [6.07, 6.45) is 1.77. The van der Waals surface area contributed by atoms with E-state index in [9.17, 15) is 0 Å². The summed E-state index contributed by atoms with van der Waals surface area (Å²) in [6.45, 7) is 2.61. The lowest BCUT2D eigenvalue weighted by molar-refractivity contribution is 0.306. The number of nitrogens with zero attached hydrogens (tertiary/aromatic N) is 2. The van der Waals surface area contributed by atoms with Gasteiger partial charge < -0.3 is 4.74 Å². The van der Waals surface area contributed by atoms with Crippen LogP contribution in [0.2, 0.25) is 0 Å². The van der Waals surface area contributed by atoms with E-state index in [1.807, 2.05) is 60.7 Å². The standard InChI is InChI=1S/C24H21N3OS/c1-18-23(21-12-6-3-7-13-21)26-24(29-18)27-25-16-20-11-8-14-22(15-20)28-17-19-9-4-2-5-10-19/h2-16H,17H2,1H3,(H,26,27)/b25-16+. The van der Waals surface area contributed by atoms with Gasteiger partial charge in [-0.25, -0.2) is 4.98 Å². The molecule has 144 valence electrons. The Balaban J connectivity index is 1.38. The van der Waals surface area contributed by atoms with Crippen LogP contribution < -0.4 is 10.2 Å². The molecule has 0 amide bonds. The molecule has 0 bridgehead atoms. The molecular weight excluding hydrogens is 378 g/mol. The number of aromatic nitrogens is 1. The smallest absolute Gasteiger partial charge is 0.204 e. The predicted molar refractivity (Wildman–Crippen MR) is 121 cm³/mol. The van der Waals surface area contributed by atoms with E-state index in [0.717, 1.165) is 38.1 Å². The molecule has 0 saturated carbocycles. The Bertz CT molecular complexity index is 1090. The summed E-state index contributed by atoms with van der Waals surface area (Å²) in [5.41, 5.74) is 7.24. The summed E-state index contributed by atoms with van der Waals surface area (Å²) in [4.78, 5) is 5.82. The lowest BCUT2D eigenvalue weighted by atomic mass is 10.1. The Hall–Kier alpha value is -3.44. The van der Waals surface area contributed by atoms with Crippen LogP contribution in [0.5, 0.6) is 5.75 Å². The van der Waals surface area contributed by atoms with Gasteiger partial charge in [0, 0.05) is 10.4 Å². The third kappa shape index (κ3) is 5.09. The first-order chi connectivity index (χ1) is 14.3. The summed E-state index contributed by atoms with van der Waals surface area (Å²) in [5.74, 6) is 0.814. The van der Waals surface area contributed by atoms with Gasteiger partial charge in [-0.2, -0.15) is 5.10 Å².